The summed E-state index contributed by atoms with van der Waals surface area (Å²) < 4.78 is 1.63. The molecule has 2 aromatic carbocycles. The number of hydrogen-bond acceptors (Lipinski definition) is 6. The van der Waals surface area contributed by atoms with Crippen molar-refractivity contribution in [2.24, 2.45) is 0 Å². The van der Waals surface area contributed by atoms with Gasteiger partial charge in [-0.3, -0.25) is 9.36 Å². The molecule has 0 aliphatic rings. The lowest BCUT2D eigenvalue weighted by Gasteiger charge is -2.23. The summed E-state index contributed by atoms with van der Waals surface area (Å²) in [6.45, 7) is 2.09. The number of para-hydroxylation sites is 1. The van der Waals surface area contributed by atoms with Gasteiger partial charge in [-0.25, -0.2) is 19.9 Å². The van der Waals surface area contributed by atoms with E-state index in [1.165, 1.54) is 6.33 Å². The van der Waals surface area contributed by atoms with E-state index in [-0.39, 0.29) is 11.6 Å². The number of nitrogens with one attached hydrogen (secondary N) is 2. The molecule has 32 heavy (non-hydrogen) atoms. The lowest BCUT2D eigenvalue weighted by atomic mass is 10.1. The van der Waals surface area contributed by atoms with E-state index in [0.29, 0.717) is 38.7 Å². The Bertz CT molecular complexity index is 1460. The van der Waals surface area contributed by atoms with Crippen molar-refractivity contribution in [3.8, 4) is 5.69 Å². The fraction of sp³-hybridized carbons (Fsp3) is 0.174. The van der Waals surface area contributed by atoms with Crippen LogP contribution < -0.4 is 10.9 Å². The van der Waals surface area contributed by atoms with Crippen molar-refractivity contribution < 1.29 is 0 Å². The minimum Gasteiger partial charge on any atom is -0.358 e. The second kappa shape index (κ2) is 8.39. The van der Waals surface area contributed by atoms with Crippen LogP contribution in [0.5, 0.6) is 0 Å². The molecule has 0 aliphatic carbocycles. The summed E-state index contributed by atoms with van der Waals surface area (Å²) in [5.41, 5.74) is 2.34. The fourth-order valence-corrected chi connectivity index (χ4v) is 4.11. The summed E-state index contributed by atoms with van der Waals surface area (Å²) in [6, 6.07) is 14.5. The average molecular weight is 446 g/mol. The Morgan fingerprint density at radius 3 is 2.75 bits per heavy atom. The maximum Gasteiger partial charge on any atom is 0.267 e. The third kappa shape index (κ3) is 3.48. The van der Waals surface area contributed by atoms with E-state index in [2.05, 4.69) is 32.2 Å². The Hall–Kier alpha value is -3.78. The molecular formula is C23H20ClN7O. The van der Waals surface area contributed by atoms with Gasteiger partial charge in [-0.1, -0.05) is 49.2 Å². The van der Waals surface area contributed by atoms with Gasteiger partial charge in [0, 0.05) is 0 Å². The molecule has 5 rings (SSSR count). The summed E-state index contributed by atoms with van der Waals surface area (Å²) in [7, 11) is 0. The number of imidazole rings is 1. The van der Waals surface area contributed by atoms with Crippen molar-refractivity contribution in [1.29, 1.82) is 0 Å². The Morgan fingerprint density at radius 2 is 1.94 bits per heavy atom. The first-order chi connectivity index (χ1) is 15.7. The minimum absolute atomic E-state index is 0.209. The number of rotatable bonds is 6. The molecule has 3 heterocycles. The maximum atomic E-state index is 13.7. The SMILES string of the molecule is CCC[C@@H](Nc1ncnc2nc[nH]c12)c1nc2cccc(Cl)c2c(=O)n1-c1ccccc1. The first-order valence-electron chi connectivity index (χ1n) is 10.3. The second-order valence-corrected chi connectivity index (χ2v) is 7.80. The lowest BCUT2D eigenvalue weighted by Crippen LogP contribution is -2.28. The van der Waals surface area contributed by atoms with Gasteiger partial charge in [-0.2, -0.15) is 0 Å². The average Bonchev–Trinajstić information content (AvgIpc) is 3.29. The van der Waals surface area contributed by atoms with Crippen LogP contribution in [0.1, 0.15) is 31.6 Å². The second-order valence-electron chi connectivity index (χ2n) is 7.39. The van der Waals surface area contributed by atoms with Gasteiger partial charge < -0.3 is 10.3 Å². The Labute approximate surface area is 188 Å². The number of benzene rings is 2. The first-order valence-corrected chi connectivity index (χ1v) is 10.7. The van der Waals surface area contributed by atoms with Crippen molar-refractivity contribution in [2.45, 2.75) is 25.8 Å². The van der Waals surface area contributed by atoms with Crippen LogP contribution in [0, 0.1) is 0 Å². The van der Waals surface area contributed by atoms with E-state index in [0.717, 1.165) is 18.5 Å². The molecule has 0 unspecified atom stereocenters. The molecular weight excluding hydrogens is 426 g/mol. The molecule has 0 saturated heterocycles. The summed E-state index contributed by atoms with van der Waals surface area (Å²) in [5, 5.41) is 4.24. The number of aromatic amines is 1. The topological polar surface area (TPSA) is 101 Å². The number of nitrogens with zero attached hydrogens (tertiary/aromatic N) is 5. The van der Waals surface area contributed by atoms with Gasteiger partial charge in [-0.05, 0) is 30.7 Å². The molecule has 8 nitrogen and oxygen atoms in total. The minimum atomic E-state index is -0.294. The first kappa shape index (κ1) is 20.1. The lowest BCUT2D eigenvalue weighted by molar-refractivity contribution is 0.616. The van der Waals surface area contributed by atoms with Gasteiger partial charge in [0.2, 0.25) is 0 Å². The van der Waals surface area contributed by atoms with Crippen molar-refractivity contribution >= 4 is 39.5 Å². The van der Waals surface area contributed by atoms with Gasteiger partial charge in [0.15, 0.2) is 11.5 Å². The normalized spacial score (nSPS) is 12.3. The predicted octanol–water partition coefficient (Wildman–Crippen LogP) is 4.66. The molecule has 0 saturated carbocycles. The third-order valence-corrected chi connectivity index (χ3v) is 5.62. The van der Waals surface area contributed by atoms with E-state index < -0.39 is 0 Å². The smallest absolute Gasteiger partial charge is 0.267 e. The van der Waals surface area contributed by atoms with Crippen molar-refractivity contribution in [3.63, 3.8) is 0 Å². The number of halogens is 1. The summed E-state index contributed by atoms with van der Waals surface area (Å²) in [4.78, 5) is 34.4. The van der Waals surface area contributed by atoms with Crippen molar-refractivity contribution in [3.05, 3.63) is 82.4 Å². The molecule has 0 amide bonds. The van der Waals surface area contributed by atoms with Gasteiger partial charge >= 0.3 is 0 Å². The van der Waals surface area contributed by atoms with E-state index >= 15 is 0 Å². The molecule has 1 atom stereocenters. The highest BCUT2D eigenvalue weighted by molar-refractivity contribution is 6.35. The van der Waals surface area contributed by atoms with E-state index in [1.54, 1.807) is 23.0 Å². The van der Waals surface area contributed by atoms with Gasteiger partial charge in [0.25, 0.3) is 5.56 Å². The van der Waals surface area contributed by atoms with Crippen LogP contribution in [0.3, 0.4) is 0 Å². The molecule has 0 aliphatic heterocycles. The molecule has 0 spiro atoms. The molecule has 3 aromatic heterocycles. The third-order valence-electron chi connectivity index (χ3n) is 5.31. The van der Waals surface area contributed by atoms with Crippen LogP contribution in [-0.2, 0) is 0 Å². The Morgan fingerprint density at radius 1 is 1.09 bits per heavy atom. The summed E-state index contributed by atoms with van der Waals surface area (Å²) in [5.74, 6) is 1.19. The highest BCUT2D eigenvalue weighted by Gasteiger charge is 2.23. The predicted molar refractivity (Wildman–Crippen MR) is 125 cm³/mol. The molecule has 2 N–H and O–H groups in total. The zero-order chi connectivity index (χ0) is 22.1. The van der Waals surface area contributed by atoms with Crippen molar-refractivity contribution in [1.82, 2.24) is 29.5 Å². The molecule has 0 radical (unpaired) electrons. The summed E-state index contributed by atoms with van der Waals surface area (Å²) in [6.07, 6.45) is 4.64. The highest BCUT2D eigenvalue weighted by atomic mass is 35.5. The Balaban J connectivity index is 1.74. The largest absolute Gasteiger partial charge is 0.358 e. The standard InChI is InChI=1S/C23H20ClN7O/c1-2-7-17(29-21-19-20(26-12-25-19)27-13-28-21)22-30-16-11-6-10-15(24)18(16)23(32)31(22)14-8-4-3-5-9-14/h3-6,8-13,17H,2,7H2,1H3,(H2,25,26,27,28,29)/t17-/m1/s1. The molecule has 160 valence electrons. The summed E-state index contributed by atoms with van der Waals surface area (Å²) >= 11 is 6.40. The van der Waals surface area contributed by atoms with Crippen LogP contribution in [0.25, 0.3) is 27.8 Å². The maximum absolute atomic E-state index is 13.7. The van der Waals surface area contributed by atoms with Crippen LogP contribution >= 0.6 is 11.6 Å². The number of hydrogen-bond donors (Lipinski definition) is 2. The van der Waals surface area contributed by atoms with Crippen LogP contribution in [0.2, 0.25) is 5.02 Å². The molecule has 5 aromatic rings. The Kier molecular flexibility index (Phi) is 5.28. The molecule has 0 bridgehead atoms. The van der Waals surface area contributed by atoms with Gasteiger partial charge in [0.1, 0.15) is 17.7 Å². The number of aromatic nitrogens is 6. The molecule has 9 heteroatoms. The van der Waals surface area contributed by atoms with Gasteiger partial charge in [0.05, 0.1) is 34.0 Å². The zero-order valence-electron chi connectivity index (χ0n) is 17.3. The van der Waals surface area contributed by atoms with E-state index in [1.807, 2.05) is 36.4 Å². The number of fused-ring (bicyclic) bond motifs is 2. The zero-order valence-corrected chi connectivity index (χ0v) is 18.0. The van der Waals surface area contributed by atoms with Crippen LogP contribution in [0.15, 0.2) is 66.0 Å². The van der Waals surface area contributed by atoms with E-state index in [4.69, 9.17) is 16.6 Å². The number of anilines is 1. The fourth-order valence-electron chi connectivity index (χ4n) is 3.86. The van der Waals surface area contributed by atoms with Crippen molar-refractivity contribution in [2.75, 3.05) is 5.32 Å². The highest BCUT2D eigenvalue weighted by Crippen LogP contribution is 2.28. The quantitative estimate of drug-likeness (QED) is 0.394. The monoisotopic (exact) mass is 445 g/mol. The van der Waals surface area contributed by atoms with E-state index in [9.17, 15) is 4.79 Å². The van der Waals surface area contributed by atoms with Crippen LogP contribution in [0.4, 0.5) is 5.82 Å². The molecule has 0 fully saturated rings. The van der Waals surface area contributed by atoms with Crippen LogP contribution in [-0.4, -0.2) is 29.5 Å². The number of H-pyrrole nitrogens is 1. The van der Waals surface area contributed by atoms with Gasteiger partial charge in [-0.15, -0.1) is 0 Å².